The summed E-state index contributed by atoms with van der Waals surface area (Å²) in [5.41, 5.74) is 11.8. The molecule has 6 aromatic carbocycles. The first-order valence-electron chi connectivity index (χ1n) is 15.6. The number of halogens is 1. The Bertz CT molecular complexity index is 1930. The van der Waals surface area contributed by atoms with E-state index in [0.717, 1.165) is 44.2 Å². The summed E-state index contributed by atoms with van der Waals surface area (Å²) in [4.78, 5) is 2.59. The van der Waals surface area contributed by atoms with Crippen molar-refractivity contribution < 1.29 is 4.74 Å². The van der Waals surface area contributed by atoms with Crippen LogP contribution in [0.3, 0.4) is 0 Å². The first-order chi connectivity index (χ1) is 21.6. The van der Waals surface area contributed by atoms with Gasteiger partial charge in [-0.25, -0.2) is 0 Å². The summed E-state index contributed by atoms with van der Waals surface area (Å²) in [6, 6.07) is 48.5. The molecule has 2 aliphatic rings. The number of anilines is 1. The summed E-state index contributed by atoms with van der Waals surface area (Å²) >= 11 is 6.10. The minimum Gasteiger partial charge on any atom is -0.381 e. The lowest BCUT2D eigenvalue weighted by molar-refractivity contribution is 0.0553. The number of hydrogen-bond acceptors (Lipinski definition) is 2. The highest BCUT2D eigenvalue weighted by molar-refractivity contribution is 6.30. The van der Waals surface area contributed by atoms with Crippen molar-refractivity contribution in [3.05, 3.63) is 150 Å². The molecule has 2 nitrogen and oxygen atoms in total. The lowest BCUT2D eigenvalue weighted by atomic mass is 9.75. The maximum Gasteiger partial charge on any atom is 0.0475 e. The van der Waals surface area contributed by atoms with Gasteiger partial charge in [0.2, 0.25) is 0 Å². The predicted molar refractivity (Wildman–Crippen MR) is 184 cm³/mol. The Hall–Kier alpha value is -4.37. The molecule has 1 saturated heterocycles. The highest BCUT2D eigenvalue weighted by atomic mass is 35.5. The molecule has 1 fully saturated rings. The van der Waals surface area contributed by atoms with Crippen molar-refractivity contribution in [3.63, 3.8) is 0 Å². The fraction of sp³-hybridized carbons (Fsp3) is 0.171. The highest BCUT2D eigenvalue weighted by Crippen LogP contribution is 2.48. The summed E-state index contributed by atoms with van der Waals surface area (Å²) in [5, 5.41) is 3.33. The molecule has 0 saturated carbocycles. The largest absolute Gasteiger partial charge is 0.381 e. The van der Waals surface area contributed by atoms with Crippen molar-refractivity contribution in [3.8, 4) is 33.4 Å². The molecular weight excluding hydrogens is 558 g/mol. The van der Waals surface area contributed by atoms with Crippen LogP contribution in [0.15, 0.2) is 133 Å². The minimum atomic E-state index is 0.135. The molecule has 8 rings (SSSR count). The Labute approximate surface area is 264 Å². The van der Waals surface area contributed by atoms with E-state index >= 15 is 0 Å². The first kappa shape index (κ1) is 27.2. The summed E-state index contributed by atoms with van der Waals surface area (Å²) in [5.74, 6) is 0. The van der Waals surface area contributed by atoms with Crippen LogP contribution in [0.4, 0.5) is 5.69 Å². The van der Waals surface area contributed by atoms with Gasteiger partial charge in [0.15, 0.2) is 0 Å². The summed E-state index contributed by atoms with van der Waals surface area (Å²) < 4.78 is 5.86. The molecule has 2 aliphatic heterocycles. The van der Waals surface area contributed by atoms with Crippen molar-refractivity contribution in [2.45, 2.75) is 24.8 Å². The third-order valence-electron chi connectivity index (χ3n) is 9.68. The van der Waals surface area contributed by atoms with E-state index in [1.807, 2.05) is 12.1 Å². The number of rotatable bonds is 5. The maximum atomic E-state index is 6.10. The average molecular weight is 592 g/mol. The van der Waals surface area contributed by atoms with Gasteiger partial charge in [-0.2, -0.15) is 0 Å². The molecular formula is C41H34ClNO. The third-order valence-corrected chi connectivity index (χ3v) is 9.93. The van der Waals surface area contributed by atoms with Crippen LogP contribution in [0.5, 0.6) is 0 Å². The van der Waals surface area contributed by atoms with Crippen LogP contribution in [0.2, 0.25) is 5.02 Å². The zero-order valence-corrected chi connectivity index (χ0v) is 25.4. The van der Waals surface area contributed by atoms with Gasteiger partial charge in [-0.3, -0.25) is 0 Å². The smallest absolute Gasteiger partial charge is 0.0475 e. The van der Waals surface area contributed by atoms with E-state index in [2.05, 4.69) is 126 Å². The van der Waals surface area contributed by atoms with E-state index in [0.29, 0.717) is 0 Å². The van der Waals surface area contributed by atoms with Gasteiger partial charge in [0.1, 0.15) is 0 Å². The first-order valence-corrected chi connectivity index (χ1v) is 15.9. The molecule has 2 heterocycles. The van der Waals surface area contributed by atoms with Crippen LogP contribution >= 0.6 is 11.6 Å². The Morgan fingerprint density at radius 3 is 2.00 bits per heavy atom. The van der Waals surface area contributed by atoms with Crippen molar-refractivity contribution in [1.82, 2.24) is 0 Å². The summed E-state index contributed by atoms with van der Waals surface area (Å²) in [6.45, 7) is 3.59. The molecule has 0 bridgehead atoms. The van der Waals surface area contributed by atoms with Gasteiger partial charge in [-0.05, 0) is 92.4 Å². The van der Waals surface area contributed by atoms with Crippen LogP contribution in [-0.2, 0) is 16.7 Å². The van der Waals surface area contributed by atoms with E-state index in [9.17, 15) is 0 Å². The standard InChI is InChI=1S/C41H34ClNO/c42-36-19-16-31(17-20-36)30-10-8-29(9-11-30)27-43-28-41(22-24-44-25-23-41)39-26-35(18-21-40(39)43)32-12-14-34(15-13-32)38-7-3-5-33-4-1-2-6-37(33)38/h1-21,26H,22-25,27-28H2. The predicted octanol–water partition coefficient (Wildman–Crippen LogP) is 10.6. The lowest BCUT2D eigenvalue weighted by Crippen LogP contribution is -2.38. The Morgan fingerprint density at radius 1 is 0.614 bits per heavy atom. The van der Waals surface area contributed by atoms with E-state index in [1.54, 1.807) is 0 Å². The van der Waals surface area contributed by atoms with Crippen molar-refractivity contribution >= 4 is 28.1 Å². The summed E-state index contributed by atoms with van der Waals surface area (Å²) in [7, 11) is 0. The van der Waals surface area contributed by atoms with Crippen LogP contribution < -0.4 is 4.90 Å². The SMILES string of the molecule is Clc1ccc(-c2ccc(CN3CC4(CCOCC4)c4cc(-c5ccc(-c6cccc7ccccc67)cc5)ccc43)cc2)cc1. The van der Waals surface area contributed by atoms with E-state index in [-0.39, 0.29) is 5.41 Å². The molecule has 0 unspecified atom stereocenters. The Kier molecular flexibility index (Phi) is 6.97. The van der Waals surface area contributed by atoms with Crippen molar-refractivity contribution in [2.75, 3.05) is 24.7 Å². The molecule has 0 atom stereocenters. The number of ether oxygens (including phenoxy) is 1. The van der Waals surface area contributed by atoms with Gasteiger partial charge < -0.3 is 9.64 Å². The molecule has 216 valence electrons. The second-order valence-electron chi connectivity index (χ2n) is 12.3. The van der Waals surface area contributed by atoms with Gasteiger partial charge in [0.05, 0.1) is 0 Å². The van der Waals surface area contributed by atoms with Crippen LogP contribution in [0, 0.1) is 0 Å². The number of nitrogens with zero attached hydrogens (tertiary/aromatic N) is 1. The van der Waals surface area contributed by atoms with Gasteiger partial charge in [0, 0.05) is 42.4 Å². The molecule has 0 N–H and O–H groups in total. The Morgan fingerprint density at radius 2 is 1.23 bits per heavy atom. The topological polar surface area (TPSA) is 12.5 Å². The fourth-order valence-corrected chi connectivity index (χ4v) is 7.39. The van der Waals surface area contributed by atoms with Gasteiger partial charge in [-0.1, -0.05) is 121 Å². The molecule has 3 heteroatoms. The average Bonchev–Trinajstić information content (AvgIpc) is 3.36. The monoisotopic (exact) mass is 591 g/mol. The van der Waals surface area contributed by atoms with Crippen molar-refractivity contribution in [2.24, 2.45) is 0 Å². The molecule has 0 radical (unpaired) electrons. The lowest BCUT2D eigenvalue weighted by Gasteiger charge is -2.34. The summed E-state index contributed by atoms with van der Waals surface area (Å²) in [6.07, 6.45) is 2.13. The molecule has 1 spiro atoms. The zero-order chi connectivity index (χ0) is 29.5. The van der Waals surface area contributed by atoms with Gasteiger partial charge in [0.25, 0.3) is 0 Å². The highest BCUT2D eigenvalue weighted by Gasteiger charge is 2.43. The number of benzene rings is 6. The molecule has 6 aromatic rings. The van der Waals surface area contributed by atoms with Gasteiger partial charge >= 0.3 is 0 Å². The van der Waals surface area contributed by atoms with Gasteiger partial charge in [-0.15, -0.1) is 0 Å². The number of fused-ring (bicyclic) bond motifs is 3. The molecule has 0 amide bonds. The van der Waals surface area contributed by atoms with E-state index < -0.39 is 0 Å². The quantitative estimate of drug-likeness (QED) is 0.198. The fourth-order valence-electron chi connectivity index (χ4n) is 7.27. The normalized spacial score (nSPS) is 15.5. The van der Waals surface area contributed by atoms with Crippen molar-refractivity contribution in [1.29, 1.82) is 0 Å². The second kappa shape index (κ2) is 11.3. The zero-order valence-electron chi connectivity index (χ0n) is 24.7. The van der Waals surface area contributed by atoms with E-state index in [4.69, 9.17) is 16.3 Å². The van der Waals surface area contributed by atoms with Crippen LogP contribution in [-0.4, -0.2) is 19.8 Å². The van der Waals surface area contributed by atoms with Crippen LogP contribution in [0.1, 0.15) is 24.0 Å². The molecule has 0 aliphatic carbocycles. The second-order valence-corrected chi connectivity index (χ2v) is 12.7. The molecule has 44 heavy (non-hydrogen) atoms. The minimum absolute atomic E-state index is 0.135. The number of hydrogen-bond donors (Lipinski definition) is 0. The molecule has 0 aromatic heterocycles. The maximum absolute atomic E-state index is 6.10. The third kappa shape index (κ3) is 4.99. The van der Waals surface area contributed by atoms with E-state index in [1.165, 1.54) is 61.0 Å². The Balaban J connectivity index is 1.09. The van der Waals surface area contributed by atoms with Crippen LogP contribution in [0.25, 0.3) is 44.2 Å².